The standard InChI is InChI=1S/C18H34O18S/c1-5-9(24)11(26)12(27)17(32-5)34-14(6(22)2-19)15(7(23)3-20)35-18-13(28)16(36-37(29,30)31)10(25)8(4-21)33-18/h5-28H,2-4H2,1H3,(H,29,30,31)/t5-,6-,7+,8+,9+,10-,11+,12-,13+,14+,15+,16-,17-,18-/m0/s1. The maximum atomic E-state index is 11.2. The highest BCUT2D eigenvalue weighted by Gasteiger charge is 2.51. The normalized spacial score (nSPS) is 40.6. The highest BCUT2D eigenvalue weighted by atomic mass is 32.3. The molecule has 19 heteroatoms. The fourth-order valence-corrected chi connectivity index (χ4v) is 4.35. The smallest absolute Gasteiger partial charge is 0.394 e. The first-order chi connectivity index (χ1) is 17.2. The van der Waals surface area contributed by atoms with Gasteiger partial charge in [-0.2, -0.15) is 8.42 Å². The van der Waals surface area contributed by atoms with Crippen molar-refractivity contribution in [3.63, 3.8) is 0 Å². The summed E-state index contributed by atoms with van der Waals surface area (Å²) in [6.45, 7) is -1.82. The first kappa shape index (κ1) is 32.5. The van der Waals surface area contributed by atoms with Crippen molar-refractivity contribution < 1.29 is 87.2 Å². The summed E-state index contributed by atoms with van der Waals surface area (Å²) in [5.74, 6) is 0. The molecule has 2 fully saturated rings. The zero-order valence-electron chi connectivity index (χ0n) is 19.4. The van der Waals surface area contributed by atoms with Crippen molar-refractivity contribution in [2.24, 2.45) is 0 Å². The number of ether oxygens (including phenoxy) is 4. The highest BCUT2D eigenvalue weighted by Crippen LogP contribution is 2.30. The largest absolute Gasteiger partial charge is 0.397 e. The molecule has 37 heavy (non-hydrogen) atoms. The molecule has 0 aromatic rings. The minimum absolute atomic E-state index is 0.980. The van der Waals surface area contributed by atoms with Gasteiger partial charge in [0.15, 0.2) is 12.6 Å². The molecule has 2 rings (SSSR count). The lowest BCUT2D eigenvalue weighted by molar-refractivity contribution is -0.350. The molecule has 0 bridgehead atoms. The SMILES string of the molecule is C[C@@H]1O[C@@H](O[C@@H]([C@H](O[C@@H]2O[C@H](CO)[C@H](O)[C@H](OS(=O)(=O)O)[C@H]2O)[C@H](O)CO)[C@@H](O)CO)[C@@H](O)[C@H](O)[C@@H]1O. The second kappa shape index (κ2) is 13.6. The molecule has 0 radical (unpaired) electrons. The van der Waals surface area contributed by atoms with Crippen molar-refractivity contribution in [1.29, 1.82) is 0 Å². The zero-order chi connectivity index (χ0) is 28.2. The summed E-state index contributed by atoms with van der Waals surface area (Å²) in [7, 11) is -5.26. The van der Waals surface area contributed by atoms with Crippen LogP contribution in [-0.2, 0) is 33.5 Å². The monoisotopic (exact) mass is 570 g/mol. The van der Waals surface area contributed by atoms with Crippen LogP contribution in [0.1, 0.15) is 6.92 Å². The third-order valence-electron chi connectivity index (χ3n) is 5.90. The first-order valence-corrected chi connectivity index (χ1v) is 12.4. The van der Waals surface area contributed by atoms with Gasteiger partial charge in [-0.15, -0.1) is 0 Å². The third kappa shape index (κ3) is 7.93. The zero-order valence-corrected chi connectivity index (χ0v) is 20.2. The Morgan fingerprint density at radius 1 is 0.757 bits per heavy atom. The van der Waals surface area contributed by atoms with Crippen molar-refractivity contribution in [3.8, 4) is 0 Å². The molecule has 2 aliphatic heterocycles. The Hall–Kier alpha value is -0.690. The van der Waals surface area contributed by atoms with Gasteiger partial charge in [-0.3, -0.25) is 4.55 Å². The van der Waals surface area contributed by atoms with Crippen molar-refractivity contribution in [2.45, 2.75) is 92.8 Å². The minimum Gasteiger partial charge on any atom is -0.394 e. The van der Waals surface area contributed by atoms with Crippen molar-refractivity contribution in [2.75, 3.05) is 19.8 Å². The summed E-state index contributed by atoms with van der Waals surface area (Å²) in [6.07, 6.45) is -26.2. The van der Waals surface area contributed by atoms with Crippen LogP contribution in [0.15, 0.2) is 0 Å². The van der Waals surface area contributed by atoms with Crippen LogP contribution in [-0.4, -0.2) is 170 Å². The number of hydrogen-bond donors (Lipinski definition) is 11. The summed E-state index contributed by atoms with van der Waals surface area (Å²) >= 11 is 0. The molecule has 0 amide bonds. The molecule has 0 aromatic carbocycles. The molecule has 0 aromatic heterocycles. The summed E-state index contributed by atoms with van der Waals surface area (Å²) in [4.78, 5) is 0. The molecule has 2 saturated heterocycles. The van der Waals surface area contributed by atoms with Gasteiger partial charge in [0.25, 0.3) is 0 Å². The summed E-state index contributed by atoms with van der Waals surface area (Å²) in [5.41, 5.74) is 0. The number of aliphatic hydroxyl groups excluding tert-OH is 10. The van der Waals surface area contributed by atoms with E-state index in [4.69, 9.17) is 23.5 Å². The van der Waals surface area contributed by atoms with E-state index in [1.54, 1.807) is 0 Å². The molecule has 2 aliphatic rings. The second-order valence-corrected chi connectivity index (χ2v) is 9.63. The van der Waals surface area contributed by atoms with Crippen LogP contribution < -0.4 is 0 Å². The molecule has 18 nitrogen and oxygen atoms in total. The number of aliphatic hydroxyl groups is 10. The average Bonchev–Trinajstić information content (AvgIpc) is 2.85. The van der Waals surface area contributed by atoms with Gasteiger partial charge < -0.3 is 70.0 Å². The van der Waals surface area contributed by atoms with Crippen LogP contribution in [0.3, 0.4) is 0 Å². The lowest BCUT2D eigenvalue weighted by Gasteiger charge is -2.45. The van der Waals surface area contributed by atoms with E-state index in [2.05, 4.69) is 4.18 Å². The molecule has 0 saturated carbocycles. The number of hydrogen-bond acceptors (Lipinski definition) is 17. The Morgan fingerprint density at radius 2 is 1.24 bits per heavy atom. The predicted molar refractivity (Wildman–Crippen MR) is 112 cm³/mol. The Morgan fingerprint density at radius 3 is 1.68 bits per heavy atom. The van der Waals surface area contributed by atoms with E-state index in [1.165, 1.54) is 6.92 Å². The van der Waals surface area contributed by atoms with Crippen molar-refractivity contribution in [3.05, 3.63) is 0 Å². The van der Waals surface area contributed by atoms with Crippen molar-refractivity contribution in [1.82, 2.24) is 0 Å². The van der Waals surface area contributed by atoms with Crippen LogP contribution in [0.5, 0.6) is 0 Å². The Labute approximate surface area is 210 Å². The quantitative estimate of drug-likeness (QED) is 0.0971. The maximum absolute atomic E-state index is 11.2. The van der Waals surface area contributed by atoms with Gasteiger partial charge >= 0.3 is 10.4 Å². The summed E-state index contributed by atoms with van der Waals surface area (Å²) < 4.78 is 56.9. The van der Waals surface area contributed by atoms with E-state index in [-0.39, 0.29) is 0 Å². The van der Waals surface area contributed by atoms with Gasteiger partial charge in [0, 0.05) is 0 Å². The second-order valence-electron chi connectivity index (χ2n) is 8.58. The summed E-state index contributed by atoms with van der Waals surface area (Å²) in [5, 5.41) is 100.0. The van der Waals surface area contributed by atoms with Gasteiger partial charge in [0.2, 0.25) is 0 Å². The lowest BCUT2D eigenvalue weighted by atomic mass is 9.98. The Bertz CT molecular complexity index is 800. The van der Waals surface area contributed by atoms with Gasteiger partial charge in [0.05, 0.1) is 25.9 Å². The van der Waals surface area contributed by atoms with Crippen LogP contribution in [0, 0.1) is 0 Å². The molecule has 2 heterocycles. The average molecular weight is 571 g/mol. The van der Waals surface area contributed by atoms with E-state index in [9.17, 15) is 59.5 Å². The Kier molecular flexibility index (Phi) is 11.9. The fraction of sp³-hybridized carbons (Fsp3) is 1.00. The molecular formula is C18H34O18S. The summed E-state index contributed by atoms with van der Waals surface area (Å²) in [6, 6.07) is 0. The first-order valence-electron chi connectivity index (χ1n) is 11.0. The van der Waals surface area contributed by atoms with Crippen molar-refractivity contribution >= 4 is 10.4 Å². The molecule has 0 aliphatic carbocycles. The van der Waals surface area contributed by atoms with Gasteiger partial charge in [0.1, 0.15) is 67.1 Å². The van der Waals surface area contributed by atoms with Gasteiger partial charge in [-0.25, -0.2) is 4.18 Å². The third-order valence-corrected chi connectivity index (χ3v) is 6.37. The topological polar surface area (TPSA) is 303 Å². The van der Waals surface area contributed by atoms with Crippen LogP contribution in [0.4, 0.5) is 0 Å². The molecule has 0 spiro atoms. The van der Waals surface area contributed by atoms with Crippen LogP contribution in [0.2, 0.25) is 0 Å². The van der Waals surface area contributed by atoms with E-state index >= 15 is 0 Å². The molecule has 220 valence electrons. The van der Waals surface area contributed by atoms with Crippen LogP contribution in [0.25, 0.3) is 0 Å². The molecule has 14 atom stereocenters. The molecule has 0 unspecified atom stereocenters. The fourth-order valence-electron chi connectivity index (χ4n) is 3.84. The molecule has 11 N–H and O–H groups in total. The Balaban J connectivity index is 2.37. The maximum Gasteiger partial charge on any atom is 0.397 e. The predicted octanol–water partition coefficient (Wildman–Crippen LogP) is -7.08. The van der Waals surface area contributed by atoms with E-state index in [1.807, 2.05) is 0 Å². The van der Waals surface area contributed by atoms with Gasteiger partial charge in [-0.1, -0.05) is 0 Å². The minimum atomic E-state index is -5.26. The lowest BCUT2D eigenvalue weighted by Crippen LogP contribution is -2.64. The number of rotatable bonds is 12. The van der Waals surface area contributed by atoms with E-state index in [0.29, 0.717) is 0 Å². The van der Waals surface area contributed by atoms with E-state index < -0.39 is 116 Å². The van der Waals surface area contributed by atoms with Gasteiger partial charge in [-0.05, 0) is 6.92 Å². The van der Waals surface area contributed by atoms with Crippen LogP contribution >= 0.6 is 0 Å². The highest BCUT2D eigenvalue weighted by molar-refractivity contribution is 7.80. The molecular weight excluding hydrogens is 536 g/mol. The van der Waals surface area contributed by atoms with E-state index in [0.717, 1.165) is 0 Å².